The molecule has 1 aromatic heterocycles. The third kappa shape index (κ3) is 3.58. The topological polar surface area (TPSA) is 47.9 Å². The van der Waals surface area contributed by atoms with Crippen LogP contribution in [0.4, 0.5) is 0 Å². The van der Waals surface area contributed by atoms with Gasteiger partial charge in [-0.15, -0.1) is 0 Å². The molecule has 0 N–H and O–H groups in total. The van der Waals surface area contributed by atoms with Crippen LogP contribution < -0.4 is 4.74 Å². The first-order valence-corrected chi connectivity index (χ1v) is 6.65. The van der Waals surface area contributed by atoms with Gasteiger partial charge in [0.05, 0.1) is 6.61 Å². The van der Waals surface area contributed by atoms with Crippen LogP contribution >= 0.6 is 23.4 Å². The third-order valence-electron chi connectivity index (χ3n) is 2.07. The van der Waals surface area contributed by atoms with Gasteiger partial charge in [0, 0.05) is 4.90 Å². The molecule has 0 spiro atoms. The summed E-state index contributed by atoms with van der Waals surface area (Å²) < 4.78 is 5.22. The molecule has 18 heavy (non-hydrogen) atoms. The molecular weight excluding hydrogens is 270 g/mol. The predicted molar refractivity (Wildman–Crippen MR) is 71.3 cm³/mol. The Morgan fingerprint density at radius 1 is 1.17 bits per heavy atom. The number of aryl methyl sites for hydroxylation is 1. The van der Waals surface area contributed by atoms with Crippen LogP contribution in [0.1, 0.15) is 12.5 Å². The van der Waals surface area contributed by atoms with Crippen LogP contribution in [0.3, 0.4) is 0 Å². The molecule has 4 nitrogen and oxygen atoms in total. The number of halogens is 1. The van der Waals surface area contributed by atoms with Crippen LogP contribution in [0.15, 0.2) is 34.3 Å². The van der Waals surface area contributed by atoms with Gasteiger partial charge in [0.2, 0.25) is 5.28 Å². The summed E-state index contributed by atoms with van der Waals surface area (Å²) in [5, 5.41) is 0.672. The van der Waals surface area contributed by atoms with Crippen molar-refractivity contribution in [2.45, 2.75) is 23.9 Å². The van der Waals surface area contributed by atoms with E-state index < -0.39 is 0 Å². The van der Waals surface area contributed by atoms with E-state index in [0.29, 0.717) is 11.8 Å². The summed E-state index contributed by atoms with van der Waals surface area (Å²) in [7, 11) is 0. The zero-order valence-corrected chi connectivity index (χ0v) is 11.6. The van der Waals surface area contributed by atoms with Crippen LogP contribution in [0.2, 0.25) is 5.28 Å². The maximum Gasteiger partial charge on any atom is 0.321 e. The second-order valence-corrected chi connectivity index (χ2v) is 4.90. The Bertz CT molecular complexity index is 533. The summed E-state index contributed by atoms with van der Waals surface area (Å²) in [5.74, 6) is 0. The van der Waals surface area contributed by atoms with E-state index in [0.717, 1.165) is 4.90 Å². The normalized spacial score (nSPS) is 10.4. The van der Waals surface area contributed by atoms with Gasteiger partial charge >= 0.3 is 6.01 Å². The smallest absolute Gasteiger partial charge is 0.321 e. The van der Waals surface area contributed by atoms with Gasteiger partial charge in [-0.05, 0) is 49.3 Å². The monoisotopic (exact) mass is 281 g/mol. The molecule has 2 aromatic rings. The second kappa shape index (κ2) is 6.02. The van der Waals surface area contributed by atoms with E-state index in [1.807, 2.05) is 38.1 Å². The van der Waals surface area contributed by atoms with Crippen molar-refractivity contribution in [3.63, 3.8) is 0 Å². The van der Waals surface area contributed by atoms with Gasteiger partial charge in [-0.3, -0.25) is 0 Å². The van der Waals surface area contributed by atoms with E-state index in [9.17, 15) is 0 Å². The Balaban J connectivity index is 2.20. The molecule has 6 heteroatoms. The van der Waals surface area contributed by atoms with Crippen molar-refractivity contribution >= 4 is 23.4 Å². The van der Waals surface area contributed by atoms with E-state index in [-0.39, 0.29) is 11.3 Å². The number of hydrogen-bond donors (Lipinski definition) is 0. The molecule has 0 bridgehead atoms. The van der Waals surface area contributed by atoms with Gasteiger partial charge in [0.15, 0.2) is 5.16 Å². The number of aromatic nitrogens is 3. The summed E-state index contributed by atoms with van der Waals surface area (Å²) in [6.45, 7) is 4.40. The lowest BCUT2D eigenvalue weighted by Gasteiger charge is -2.04. The summed E-state index contributed by atoms with van der Waals surface area (Å²) >= 11 is 7.25. The minimum atomic E-state index is 0.142. The molecule has 0 fully saturated rings. The number of nitrogens with zero attached hydrogens (tertiary/aromatic N) is 3. The molecule has 0 aliphatic carbocycles. The number of rotatable bonds is 4. The average Bonchev–Trinajstić information content (AvgIpc) is 2.32. The minimum absolute atomic E-state index is 0.142. The van der Waals surface area contributed by atoms with Crippen molar-refractivity contribution in [1.82, 2.24) is 15.0 Å². The van der Waals surface area contributed by atoms with Crippen molar-refractivity contribution in [1.29, 1.82) is 0 Å². The van der Waals surface area contributed by atoms with Gasteiger partial charge in [-0.25, -0.2) is 0 Å². The first-order chi connectivity index (χ1) is 8.67. The molecule has 2 rings (SSSR count). The fraction of sp³-hybridized carbons (Fsp3) is 0.250. The van der Waals surface area contributed by atoms with Crippen LogP contribution in [-0.2, 0) is 0 Å². The highest BCUT2D eigenvalue weighted by Gasteiger charge is 2.07. The van der Waals surface area contributed by atoms with Crippen molar-refractivity contribution in [3.05, 3.63) is 35.1 Å². The molecule has 0 atom stereocenters. The highest BCUT2D eigenvalue weighted by Crippen LogP contribution is 2.26. The molecule has 0 amide bonds. The predicted octanol–water partition coefficient (Wildman–Crippen LogP) is 3.38. The maximum atomic E-state index is 5.82. The molecular formula is C12H12ClN3OS. The van der Waals surface area contributed by atoms with Crippen molar-refractivity contribution in [2.24, 2.45) is 0 Å². The van der Waals surface area contributed by atoms with Gasteiger partial charge in [-0.2, -0.15) is 15.0 Å². The van der Waals surface area contributed by atoms with Gasteiger partial charge in [0.1, 0.15) is 0 Å². The van der Waals surface area contributed by atoms with Gasteiger partial charge < -0.3 is 4.74 Å². The van der Waals surface area contributed by atoms with E-state index in [4.69, 9.17) is 16.3 Å². The van der Waals surface area contributed by atoms with Crippen LogP contribution in [0.5, 0.6) is 6.01 Å². The van der Waals surface area contributed by atoms with Gasteiger partial charge in [-0.1, -0.05) is 17.7 Å². The second-order valence-electron chi connectivity index (χ2n) is 3.52. The lowest BCUT2D eigenvalue weighted by atomic mass is 10.2. The van der Waals surface area contributed by atoms with E-state index >= 15 is 0 Å². The lowest BCUT2D eigenvalue weighted by molar-refractivity contribution is 0.307. The third-order valence-corrected chi connectivity index (χ3v) is 3.11. The number of hydrogen-bond acceptors (Lipinski definition) is 5. The summed E-state index contributed by atoms with van der Waals surface area (Å²) in [5.41, 5.74) is 1.21. The zero-order chi connectivity index (χ0) is 13.0. The fourth-order valence-electron chi connectivity index (χ4n) is 1.27. The Labute approximate surface area is 115 Å². The summed E-state index contributed by atoms with van der Waals surface area (Å²) in [4.78, 5) is 13.2. The number of ether oxygens (including phenoxy) is 1. The molecule has 0 saturated carbocycles. The first kappa shape index (κ1) is 13.1. The zero-order valence-electron chi connectivity index (χ0n) is 10.1. The first-order valence-electron chi connectivity index (χ1n) is 5.46. The standard InChI is InChI=1S/C12H12ClN3OS/c1-3-17-11-14-10(13)15-12(16-11)18-9-6-4-8(2)5-7-9/h4-7H,3H2,1-2H3. The van der Waals surface area contributed by atoms with E-state index in [1.165, 1.54) is 17.3 Å². The minimum Gasteiger partial charge on any atom is -0.464 e. The molecule has 0 aliphatic rings. The summed E-state index contributed by atoms with van der Waals surface area (Å²) in [6.07, 6.45) is 0. The molecule has 0 aliphatic heterocycles. The van der Waals surface area contributed by atoms with Crippen LogP contribution in [0, 0.1) is 6.92 Å². The SMILES string of the molecule is CCOc1nc(Cl)nc(Sc2ccc(C)cc2)n1. The molecule has 1 heterocycles. The Morgan fingerprint density at radius 2 is 1.89 bits per heavy atom. The number of benzene rings is 1. The van der Waals surface area contributed by atoms with Crippen LogP contribution in [0.25, 0.3) is 0 Å². The van der Waals surface area contributed by atoms with Crippen LogP contribution in [-0.4, -0.2) is 21.6 Å². The molecule has 0 saturated heterocycles. The lowest BCUT2D eigenvalue weighted by Crippen LogP contribution is -2.00. The Morgan fingerprint density at radius 3 is 2.56 bits per heavy atom. The van der Waals surface area contributed by atoms with E-state index in [1.54, 1.807) is 0 Å². The Hall–Kier alpha value is -1.33. The Kier molecular flexibility index (Phi) is 4.38. The highest BCUT2D eigenvalue weighted by atomic mass is 35.5. The van der Waals surface area contributed by atoms with E-state index in [2.05, 4.69) is 15.0 Å². The maximum absolute atomic E-state index is 5.82. The van der Waals surface area contributed by atoms with Gasteiger partial charge in [0.25, 0.3) is 0 Å². The fourth-order valence-corrected chi connectivity index (χ4v) is 2.21. The molecule has 94 valence electrons. The molecule has 0 radical (unpaired) electrons. The molecule has 1 aromatic carbocycles. The highest BCUT2D eigenvalue weighted by molar-refractivity contribution is 7.99. The summed E-state index contributed by atoms with van der Waals surface area (Å²) in [6, 6.07) is 8.35. The average molecular weight is 282 g/mol. The quantitative estimate of drug-likeness (QED) is 0.860. The largest absolute Gasteiger partial charge is 0.464 e. The van der Waals surface area contributed by atoms with Crippen molar-refractivity contribution < 1.29 is 4.74 Å². The van der Waals surface area contributed by atoms with Crippen molar-refractivity contribution in [2.75, 3.05) is 6.61 Å². The molecule has 0 unspecified atom stereocenters. The van der Waals surface area contributed by atoms with Crippen molar-refractivity contribution in [3.8, 4) is 6.01 Å².